The lowest BCUT2D eigenvalue weighted by atomic mass is 10.1. The van der Waals surface area contributed by atoms with E-state index in [1.54, 1.807) is 24.3 Å². The number of carbonyl (C=O) groups is 2. The van der Waals surface area contributed by atoms with E-state index in [-0.39, 0.29) is 11.3 Å². The number of benzene rings is 1. The molecule has 0 N–H and O–H groups in total. The zero-order valence-corrected chi connectivity index (χ0v) is 12.4. The summed E-state index contributed by atoms with van der Waals surface area (Å²) in [5.41, 5.74) is 0.399. The first-order chi connectivity index (χ1) is 9.29. The van der Waals surface area contributed by atoms with Crippen LogP contribution in [0.4, 0.5) is 0 Å². The number of hydrogen-bond acceptors (Lipinski definition) is 4. The molecule has 0 atom stereocenters. The molecule has 1 aromatic carbocycles. The maximum absolute atomic E-state index is 12.2. The molecule has 0 radical (unpaired) electrons. The van der Waals surface area contributed by atoms with E-state index in [0.717, 1.165) is 5.56 Å². The van der Waals surface area contributed by atoms with Crippen LogP contribution >= 0.6 is 0 Å². The molecule has 108 valence electrons. The van der Waals surface area contributed by atoms with Gasteiger partial charge in [0.05, 0.1) is 0 Å². The van der Waals surface area contributed by atoms with E-state index in [2.05, 4.69) is 6.58 Å². The Morgan fingerprint density at radius 3 is 2.50 bits per heavy atom. The van der Waals surface area contributed by atoms with E-state index in [1.165, 1.54) is 6.92 Å². The number of esters is 2. The largest absolute Gasteiger partial charge is 0.456 e. The van der Waals surface area contributed by atoms with Crippen molar-refractivity contribution in [1.29, 1.82) is 0 Å². The van der Waals surface area contributed by atoms with E-state index in [1.807, 2.05) is 20.8 Å². The van der Waals surface area contributed by atoms with Crippen molar-refractivity contribution in [2.24, 2.45) is 0 Å². The molecular formula is C16H20O4. The molecule has 0 aromatic heterocycles. The Bertz CT molecular complexity index is 529. The second-order valence-electron chi connectivity index (χ2n) is 5.06. The molecule has 0 aliphatic carbocycles. The summed E-state index contributed by atoms with van der Waals surface area (Å²) in [5.74, 6) is -0.808. The molecule has 1 rings (SSSR count). The number of carbonyl (C=O) groups excluding carboxylic acids is 2. The fourth-order valence-electron chi connectivity index (χ4n) is 1.46. The van der Waals surface area contributed by atoms with E-state index >= 15 is 0 Å². The van der Waals surface area contributed by atoms with Gasteiger partial charge in [-0.15, -0.1) is 0 Å². The van der Waals surface area contributed by atoms with Gasteiger partial charge >= 0.3 is 11.9 Å². The van der Waals surface area contributed by atoms with E-state index in [4.69, 9.17) is 9.47 Å². The monoisotopic (exact) mass is 276 g/mol. The molecular weight excluding hydrogens is 256 g/mol. The van der Waals surface area contributed by atoms with Crippen molar-refractivity contribution in [1.82, 2.24) is 0 Å². The maximum atomic E-state index is 12.2. The molecule has 0 unspecified atom stereocenters. The van der Waals surface area contributed by atoms with Crippen LogP contribution in [0.3, 0.4) is 0 Å². The lowest BCUT2D eigenvalue weighted by Gasteiger charge is -2.23. The van der Waals surface area contributed by atoms with Crippen LogP contribution in [0.25, 0.3) is 6.08 Å². The van der Waals surface area contributed by atoms with Crippen LogP contribution in [0.15, 0.2) is 24.8 Å². The predicted molar refractivity (Wildman–Crippen MR) is 77.6 cm³/mol. The Balaban J connectivity index is 3.15. The summed E-state index contributed by atoms with van der Waals surface area (Å²) in [6.45, 7) is 10.5. The molecule has 4 nitrogen and oxygen atoms in total. The van der Waals surface area contributed by atoms with Gasteiger partial charge < -0.3 is 9.47 Å². The zero-order chi connectivity index (χ0) is 15.3. The predicted octanol–water partition coefficient (Wildman–Crippen LogP) is 3.60. The summed E-state index contributed by atoms with van der Waals surface area (Å²) in [4.78, 5) is 23.3. The summed E-state index contributed by atoms with van der Waals surface area (Å²) in [7, 11) is 0. The Hall–Kier alpha value is -2.10. The lowest BCUT2D eigenvalue weighted by Crippen LogP contribution is -2.27. The third kappa shape index (κ3) is 4.23. The average molecular weight is 276 g/mol. The average Bonchev–Trinajstić information content (AvgIpc) is 2.38. The first-order valence-corrected chi connectivity index (χ1v) is 6.47. The normalized spacial score (nSPS) is 10.8. The fourth-order valence-corrected chi connectivity index (χ4v) is 1.46. The third-order valence-corrected chi connectivity index (χ3v) is 2.93. The van der Waals surface area contributed by atoms with Crippen molar-refractivity contribution in [3.8, 4) is 5.75 Å². The Morgan fingerprint density at radius 2 is 2.00 bits per heavy atom. The lowest BCUT2D eigenvalue weighted by molar-refractivity contribution is -0.131. The van der Waals surface area contributed by atoms with Crippen molar-refractivity contribution in [2.45, 2.75) is 39.7 Å². The molecule has 0 heterocycles. The number of rotatable bonds is 5. The van der Waals surface area contributed by atoms with Gasteiger partial charge in [-0.3, -0.25) is 4.79 Å². The molecule has 0 fully saturated rings. The van der Waals surface area contributed by atoms with Crippen LogP contribution in [0, 0.1) is 0 Å². The molecule has 0 saturated carbocycles. The summed E-state index contributed by atoms with van der Waals surface area (Å²) in [6, 6.07) is 4.88. The first kappa shape index (κ1) is 16.0. The summed E-state index contributed by atoms with van der Waals surface area (Å²) < 4.78 is 10.5. The molecule has 0 saturated heterocycles. The number of ether oxygens (including phenoxy) is 2. The SMILES string of the molecule is C=Cc1ccc(OC(C)=O)c(C(=O)OC(C)(C)CC)c1. The minimum absolute atomic E-state index is 0.194. The topological polar surface area (TPSA) is 52.6 Å². The van der Waals surface area contributed by atoms with Gasteiger partial charge in [0, 0.05) is 6.92 Å². The molecule has 0 aliphatic heterocycles. The highest BCUT2D eigenvalue weighted by Gasteiger charge is 2.24. The Labute approximate surface area is 119 Å². The van der Waals surface area contributed by atoms with Crippen molar-refractivity contribution in [3.05, 3.63) is 35.9 Å². The molecule has 1 aromatic rings. The van der Waals surface area contributed by atoms with Gasteiger partial charge in [-0.2, -0.15) is 0 Å². The summed E-state index contributed by atoms with van der Waals surface area (Å²) in [6.07, 6.45) is 2.29. The van der Waals surface area contributed by atoms with Crippen LogP contribution < -0.4 is 4.74 Å². The molecule has 20 heavy (non-hydrogen) atoms. The van der Waals surface area contributed by atoms with Gasteiger partial charge in [-0.1, -0.05) is 25.6 Å². The Morgan fingerprint density at radius 1 is 1.35 bits per heavy atom. The highest BCUT2D eigenvalue weighted by atomic mass is 16.6. The van der Waals surface area contributed by atoms with E-state index in [0.29, 0.717) is 6.42 Å². The van der Waals surface area contributed by atoms with Crippen LogP contribution in [0.1, 0.15) is 50.0 Å². The smallest absolute Gasteiger partial charge is 0.342 e. The van der Waals surface area contributed by atoms with Gasteiger partial charge in [0.25, 0.3) is 0 Å². The molecule has 0 aliphatic rings. The summed E-state index contributed by atoms with van der Waals surface area (Å²) in [5, 5.41) is 0. The van der Waals surface area contributed by atoms with Crippen molar-refractivity contribution in [3.63, 3.8) is 0 Å². The van der Waals surface area contributed by atoms with Gasteiger partial charge in [0.15, 0.2) is 0 Å². The zero-order valence-electron chi connectivity index (χ0n) is 12.4. The maximum Gasteiger partial charge on any atom is 0.342 e. The van der Waals surface area contributed by atoms with Crippen LogP contribution in [0.5, 0.6) is 5.75 Å². The van der Waals surface area contributed by atoms with Crippen LogP contribution in [-0.2, 0) is 9.53 Å². The van der Waals surface area contributed by atoms with Gasteiger partial charge in [-0.05, 0) is 38.0 Å². The number of hydrogen-bond donors (Lipinski definition) is 0. The standard InChI is InChI=1S/C16H20O4/c1-6-12-8-9-14(19-11(3)17)13(10-12)15(18)20-16(4,5)7-2/h6,8-10H,1,7H2,2-5H3. The quantitative estimate of drug-likeness (QED) is 0.609. The van der Waals surface area contributed by atoms with Gasteiger partial charge in [0.2, 0.25) is 0 Å². The van der Waals surface area contributed by atoms with Crippen LogP contribution in [-0.4, -0.2) is 17.5 Å². The van der Waals surface area contributed by atoms with Gasteiger partial charge in [0.1, 0.15) is 16.9 Å². The van der Waals surface area contributed by atoms with E-state index in [9.17, 15) is 9.59 Å². The first-order valence-electron chi connectivity index (χ1n) is 6.47. The highest BCUT2D eigenvalue weighted by Crippen LogP contribution is 2.25. The van der Waals surface area contributed by atoms with E-state index < -0.39 is 17.5 Å². The van der Waals surface area contributed by atoms with Crippen LogP contribution in [0.2, 0.25) is 0 Å². The van der Waals surface area contributed by atoms with Crippen molar-refractivity contribution in [2.75, 3.05) is 0 Å². The minimum Gasteiger partial charge on any atom is -0.456 e. The molecule has 0 amide bonds. The minimum atomic E-state index is -0.575. The third-order valence-electron chi connectivity index (χ3n) is 2.93. The second-order valence-corrected chi connectivity index (χ2v) is 5.06. The van der Waals surface area contributed by atoms with Crippen molar-refractivity contribution < 1.29 is 19.1 Å². The Kier molecular flexibility index (Phi) is 5.08. The highest BCUT2D eigenvalue weighted by molar-refractivity contribution is 5.94. The summed E-state index contributed by atoms with van der Waals surface area (Å²) >= 11 is 0. The fraction of sp³-hybridized carbons (Fsp3) is 0.375. The second kappa shape index (κ2) is 6.37. The molecule has 4 heteroatoms. The van der Waals surface area contributed by atoms with Crippen molar-refractivity contribution >= 4 is 18.0 Å². The molecule has 0 spiro atoms. The van der Waals surface area contributed by atoms with Gasteiger partial charge in [-0.25, -0.2) is 4.79 Å². The molecule has 0 bridgehead atoms.